The third kappa shape index (κ3) is 3.02. The Hall–Kier alpha value is -0.370. The third-order valence-electron chi connectivity index (χ3n) is 1.70. The van der Waals surface area contributed by atoms with E-state index < -0.39 is 0 Å². The first kappa shape index (κ1) is 10.6. The molecule has 0 atom stereocenters. The zero-order valence-corrected chi connectivity index (χ0v) is 8.10. The highest BCUT2D eigenvalue weighted by Gasteiger charge is 2.28. The minimum atomic E-state index is -0.330. The second-order valence-electron chi connectivity index (χ2n) is 3.84. The lowest BCUT2D eigenvalue weighted by molar-refractivity contribution is -0.132. The van der Waals surface area contributed by atoms with Crippen molar-refractivity contribution in [1.29, 1.82) is 0 Å². The predicted octanol–water partition coefficient (Wildman–Crippen LogP) is 1.88. The van der Waals surface area contributed by atoms with Crippen LogP contribution in [0.25, 0.3) is 0 Å². The number of hydrogen-bond donors (Lipinski definition) is 0. The number of Topliss-reactive ketones (excluding diaryl/α,β-unsaturated/α-hetero) is 1. The minimum Gasteiger partial charge on any atom is -0.384 e. The highest BCUT2D eigenvalue weighted by molar-refractivity contribution is 5.85. The van der Waals surface area contributed by atoms with Crippen molar-refractivity contribution < 1.29 is 9.53 Å². The molecule has 11 heavy (non-hydrogen) atoms. The summed E-state index contributed by atoms with van der Waals surface area (Å²) >= 11 is 0. The van der Waals surface area contributed by atoms with Crippen molar-refractivity contribution in [2.75, 3.05) is 13.7 Å². The van der Waals surface area contributed by atoms with Gasteiger partial charge in [0.1, 0.15) is 5.78 Å². The molecular weight excluding hydrogens is 140 g/mol. The van der Waals surface area contributed by atoms with Crippen molar-refractivity contribution >= 4 is 5.78 Å². The first-order chi connectivity index (χ1) is 4.91. The molecule has 0 spiro atoms. The van der Waals surface area contributed by atoms with Crippen molar-refractivity contribution in [1.82, 2.24) is 0 Å². The van der Waals surface area contributed by atoms with Gasteiger partial charge in [0, 0.05) is 18.4 Å². The Bertz CT molecular complexity index is 136. The van der Waals surface area contributed by atoms with Gasteiger partial charge in [-0.1, -0.05) is 27.7 Å². The molecule has 0 saturated heterocycles. The molecule has 0 heterocycles. The minimum absolute atomic E-state index is 0.0974. The number of carbonyl (C=O) groups excluding carboxylic acids is 1. The van der Waals surface area contributed by atoms with E-state index >= 15 is 0 Å². The summed E-state index contributed by atoms with van der Waals surface area (Å²) in [4.78, 5) is 11.5. The normalized spacial score (nSPS) is 12.2. The molecule has 0 aromatic heterocycles. The summed E-state index contributed by atoms with van der Waals surface area (Å²) in [5.74, 6) is 0.361. The van der Waals surface area contributed by atoms with Gasteiger partial charge in [0.25, 0.3) is 0 Å². The fourth-order valence-electron chi connectivity index (χ4n) is 1.21. The number of rotatable bonds is 4. The molecule has 0 N–H and O–H groups in total. The highest BCUT2D eigenvalue weighted by atomic mass is 16.5. The Morgan fingerprint density at radius 3 is 2.18 bits per heavy atom. The Morgan fingerprint density at radius 2 is 1.91 bits per heavy atom. The summed E-state index contributed by atoms with van der Waals surface area (Å²) in [5, 5.41) is 0. The fourth-order valence-corrected chi connectivity index (χ4v) is 1.21. The van der Waals surface area contributed by atoms with Gasteiger partial charge in [-0.3, -0.25) is 4.79 Å². The second-order valence-corrected chi connectivity index (χ2v) is 3.84. The molecule has 0 radical (unpaired) electrons. The van der Waals surface area contributed by atoms with E-state index in [1.807, 2.05) is 27.7 Å². The van der Waals surface area contributed by atoms with Crippen LogP contribution in [0.5, 0.6) is 0 Å². The quantitative estimate of drug-likeness (QED) is 0.624. The predicted molar refractivity (Wildman–Crippen MR) is 45.5 cm³/mol. The van der Waals surface area contributed by atoms with E-state index in [0.717, 1.165) is 0 Å². The van der Waals surface area contributed by atoms with Gasteiger partial charge in [0.15, 0.2) is 0 Å². The summed E-state index contributed by atoms with van der Waals surface area (Å²) in [6.07, 6.45) is 0. The topological polar surface area (TPSA) is 26.3 Å². The zero-order chi connectivity index (χ0) is 9.07. The summed E-state index contributed by atoms with van der Waals surface area (Å²) in [6, 6.07) is 0. The Morgan fingerprint density at radius 1 is 1.45 bits per heavy atom. The van der Waals surface area contributed by atoms with Gasteiger partial charge in [0.2, 0.25) is 0 Å². The average molecular weight is 158 g/mol. The van der Waals surface area contributed by atoms with E-state index in [0.29, 0.717) is 6.61 Å². The van der Waals surface area contributed by atoms with Gasteiger partial charge in [-0.05, 0) is 0 Å². The van der Waals surface area contributed by atoms with E-state index in [1.165, 1.54) is 0 Å². The molecule has 0 fully saturated rings. The molecule has 0 aliphatic heterocycles. The molecule has 0 aliphatic rings. The van der Waals surface area contributed by atoms with Crippen molar-refractivity contribution in [2.24, 2.45) is 11.3 Å². The average Bonchev–Trinajstić information content (AvgIpc) is 1.86. The van der Waals surface area contributed by atoms with Crippen LogP contribution in [0.15, 0.2) is 0 Å². The molecule has 66 valence electrons. The number of hydrogen-bond acceptors (Lipinski definition) is 2. The SMILES string of the molecule is COCC(C)(C)C(=O)C(C)C. The summed E-state index contributed by atoms with van der Waals surface area (Å²) < 4.78 is 4.96. The molecule has 0 aromatic rings. The number of carbonyl (C=O) groups is 1. The summed E-state index contributed by atoms with van der Waals surface area (Å²) in [7, 11) is 1.62. The molecule has 2 heteroatoms. The van der Waals surface area contributed by atoms with Crippen LogP contribution in [-0.2, 0) is 9.53 Å². The smallest absolute Gasteiger partial charge is 0.143 e. The Kier molecular flexibility index (Phi) is 3.73. The van der Waals surface area contributed by atoms with Gasteiger partial charge in [-0.15, -0.1) is 0 Å². The lowest BCUT2D eigenvalue weighted by atomic mass is 9.83. The first-order valence-corrected chi connectivity index (χ1v) is 3.95. The molecule has 0 rings (SSSR count). The second kappa shape index (κ2) is 3.86. The van der Waals surface area contributed by atoms with E-state index in [9.17, 15) is 4.79 Å². The maximum Gasteiger partial charge on any atom is 0.143 e. The van der Waals surface area contributed by atoms with E-state index in [2.05, 4.69) is 0 Å². The van der Waals surface area contributed by atoms with Crippen LogP contribution in [0.4, 0.5) is 0 Å². The van der Waals surface area contributed by atoms with E-state index in [-0.39, 0.29) is 17.1 Å². The number of ether oxygens (including phenoxy) is 1. The third-order valence-corrected chi connectivity index (χ3v) is 1.70. The first-order valence-electron chi connectivity index (χ1n) is 3.95. The molecule has 2 nitrogen and oxygen atoms in total. The van der Waals surface area contributed by atoms with Crippen LogP contribution in [0.1, 0.15) is 27.7 Å². The number of methoxy groups -OCH3 is 1. The van der Waals surface area contributed by atoms with Crippen LogP contribution in [0.3, 0.4) is 0 Å². The lowest BCUT2D eigenvalue weighted by Crippen LogP contribution is -2.32. The molecular formula is C9H18O2. The Balaban J connectivity index is 4.17. The van der Waals surface area contributed by atoms with Gasteiger partial charge in [-0.25, -0.2) is 0 Å². The monoisotopic (exact) mass is 158 g/mol. The molecule has 0 aromatic carbocycles. The summed E-state index contributed by atoms with van der Waals surface area (Å²) in [5.41, 5.74) is -0.330. The highest BCUT2D eigenvalue weighted by Crippen LogP contribution is 2.20. The van der Waals surface area contributed by atoms with Crippen LogP contribution in [0, 0.1) is 11.3 Å². The standard InChI is InChI=1S/C9H18O2/c1-7(2)8(10)9(3,4)6-11-5/h7H,6H2,1-5H3. The van der Waals surface area contributed by atoms with Crippen molar-refractivity contribution in [2.45, 2.75) is 27.7 Å². The summed E-state index contributed by atoms with van der Waals surface area (Å²) in [6.45, 7) is 8.17. The largest absolute Gasteiger partial charge is 0.384 e. The van der Waals surface area contributed by atoms with E-state index in [1.54, 1.807) is 7.11 Å². The molecule has 0 saturated carbocycles. The van der Waals surface area contributed by atoms with Gasteiger partial charge >= 0.3 is 0 Å². The fraction of sp³-hybridized carbons (Fsp3) is 0.889. The molecule has 0 amide bonds. The maximum atomic E-state index is 11.5. The molecule has 0 aliphatic carbocycles. The molecule has 0 bridgehead atoms. The van der Waals surface area contributed by atoms with Crippen LogP contribution < -0.4 is 0 Å². The van der Waals surface area contributed by atoms with Crippen LogP contribution >= 0.6 is 0 Å². The van der Waals surface area contributed by atoms with Crippen LogP contribution in [0.2, 0.25) is 0 Å². The van der Waals surface area contributed by atoms with Crippen molar-refractivity contribution in [3.8, 4) is 0 Å². The van der Waals surface area contributed by atoms with Gasteiger partial charge < -0.3 is 4.74 Å². The molecule has 0 unspecified atom stereocenters. The van der Waals surface area contributed by atoms with E-state index in [4.69, 9.17) is 4.74 Å². The van der Waals surface area contributed by atoms with Crippen molar-refractivity contribution in [3.63, 3.8) is 0 Å². The van der Waals surface area contributed by atoms with Crippen LogP contribution in [-0.4, -0.2) is 19.5 Å². The van der Waals surface area contributed by atoms with Crippen molar-refractivity contribution in [3.05, 3.63) is 0 Å². The Labute approximate surface area is 68.9 Å². The lowest BCUT2D eigenvalue weighted by Gasteiger charge is -2.23. The van der Waals surface area contributed by atoms with Gasteiger partial charge in [0.05, 0.1) is 6.61 Å². The maximum absolute atomic E-state index is 11.5. The zero-order valence-electron chi connectivity index (χ0n) is 8.10. The number of ketones is 1. The van der Waals surface area contributed by atoms with Gasteiger partial charge in [-0.2, -0.15) is 0 Å².